The van der Waals surface area contributed by atoms with Crippen molar-refractivity contribution in [3.63, 3.8) is 0 Å². The first kappa shape index (κ1) is 29.4. The molecule has 0 aliphatic heterocycles. The number of ether oxygens (including phenoxy) is 1. The molecule has 1 N–H and O–H groups in total. The molecule has 0 fully saturated rings. The smallest absolute Gasteiger partial charge is 0.449 e. The Labute approximate surface area is 245 Å². The Kier molecular flexibility index (Phi) is 8.51. The fraction of sp³-hybridized carbons (Fsp3) is 0.219. The van der Waals surface area contributed by atoms with Crippen LogP contribution in [0.25, 0.3) is 0 Å². The molecule has 0 saturated carbocycles. The zero-order chi connectivity index (χ0) is 30.6. The number of furan rings is 1. The van der Waals surface area contributed by atoms with Crippen molar-refractivity contribution in [3.8, 4) is 11.5 Å². The summed E-state index contributed by atoms with van der Waals surface area (Å²) in [6, 6.07) is 24.8. The predicted octanol–water partition coefficient (Wildman–Crippen LogP) is 5.80. The lowest BCUT2D eigenvalue weighted by molar-refractivity contribution is -0.153. The molecule has 0 saturated heterocycles. The lowest BCUT2D eigenvalue weighted by atomic mass is 10.1. The van der Waals surface area contributed by atoms with Gasteiger partial charge in [0.1, 0.15) is 24.6 Å². The molecule has 222 valence electrons. The summed E-state index contributed by atoms with van der Waals surface area (Å²) in [6.07, 6.45) is -3.54. The minimum absolute atomic E-state index is 0.159. The molecule has 1 heterocycles. The van der Waals surface area contributed by atoms with E-state index in [1.807, 2.05) is 42.5 Å². The van der Waals surface area contributed by atoms with Gasteiger partial charge in [-0.2, -0.15) is 13.2 Å². The molecular formula is C32H28F3N3O5. The van der Waals surface area contributed by atoms with Gasteiger partial charge in [-0.1, -0.05) is 42.5 Å². The van der Waals surface area contributed by atoms with Crippen LogP contribution >= 0.6 is 0 Å². The topological polar surface area (TPSA) is 92.1 Å². The van der Waals surface area contributed by atoms with Gasteiger partial charge in [0.05, 0.1) is 0 Å². The van der Waals surface area contributed by atoms with Gasteiger partial charge in [-0.3, -0.25) is 14.4 Å². The molecule has 5 rings (SSSR count). The monoisotopic (exact) mass is 591 g/mol. The van der Waals surface area contributed by atoms with E-state index in [1.165, 1.54) is 4.90 Å². The van der Waals surface area contributed by atoms with Crippen molar-refractivity contribution in [2.45, 2.75) is 25.1 Å². The Bertz CT molecular complexity index is 1580. The van der Waals surface area contributed by atoms with Crippen LogP contribution in [0.15, 0.2) is 95.4 Å². The highest BCUT2D eigenvalue weighted by Crippen LogP contribution is 2.31. The molecule has 1 aromatic heterocycles. The Morgan fingerprint density at radius 2 is 1.44 bits per heavy atom. The third-order valence-corrected chi connectivity index (χ3v) is 7.13. The van der Waals surface area contributed by atoms with Crippen molar-refractivity contribution in [2.24, 2.45) is 0 Å². The minimum atomic E-state index is -4.80. The van der Waals surface area contributed by atoms with E-state index in [0.29, 0.717) is 36.1 Å². The number of carbonyl (C=O) groups is 3. The van der Waals surface area contributed by atoms with E-state index >= 15 is 0 Å². The van der Waals surface area contributed by atoms with Gasteiger partial charge in [-0.15, -0.1) is 0 Å². The van der Waals surface area contributed by atoms with Crippen molar-refractivity contribution in [2.75, 3.05) is 25.5 Å². The second-order valence-electron chi connectivity index (χ2n) is 10.1. The highest BCUT2D eigenvalue weighted by molar-refractivity contribution is 5.99. The third kappa shape index (κ3) is 7.24. The van der Waals surface area contributed by atoms with Crippen LogP contribution in [0.1, 0.15) is 27.4 Å². The average Bonchev–Trinajstić information content (AvgIpc) is 3.66. The number of anilines is 1. The van der Waals surface area contributed by atoms with Crippen molar-refractivity contribution in [1.29, 1.82) is 0 Å². The predicted molar refractivity (Wildman–Crippen MR) is 152 cm³/mol. The molecule has 1 aliphatic rings. The van der Waals surface area contributed by atoms with Gasteiger partial charge in [0.2, 0.25) is 17.6 Å². The Morgan fingerprint density at radius 1 is 0.837 bits per heavy atom. The minimum Gasteiger partial charge on any atom is -0.457 e. The van der Waals surface area contributed by atoms with E-state index in [9.17, 15) is 27.6 Å². The number of nitrogens with one attached hydrogen (secondary N) is 1. The van der Waals surface area contributed by atoms with Crippen LogP contribution in [-0.4, -0.2) is 53.7 Å². The summed E-state index contributed by atoms with van der Waals surface area (Å²) in [4.78, 5) is 41.9. The van der Waals surface area contributed by atoms with Crippen molar-refractivity contribution in [1.82, 2.24) is 9.80 Å². The average molecular weight is 592 g/mol. The number of hydrogen-bond donors (Lipinski definition) is 1. The molecule has 0 bridgehead atoms. The number of carbonyl (C=O) groups excluding carboxylic acids is 3. The summed E-state index contributed by atoms with van der Waals surface area (Å²) in [5.41, 5.74) is 2.63. The van der Waals surface area contributed by atoms with Gasteiger partial charge in [-0.25, -0.2) is 0 Å². The molecule has 4 aromatic rings. The van der Waals surface area contributed by atoms with E-state index in [4.69, 9.17) is 9.15 Å². The zero-order valence-electron chi connectivity index (χ0n) is 23.1. The van der Waals surface area contributed by atoms with Crippen molar-refractivity contribution in [3.05, 3.63) is 114 Å². The maximum absolute atomic E-state index is 13.3. The van der Waals surface area contributed by atoms with E-state index in [1.54, 1.807) is 43.4 Å². The second kappa shape index (κ2) is 12.4. The largest absolute Gasteiger partial charge is 0.457 e. The lowest BCUT2D eigenvalue weighted by Gasteiger charge is -2.28. The van der Waals surface area contributed by atoms with Crippen LogP contribution < -0.4 is 10.1 Å². The quantitative estimate of drug-likeness (QED) is 0.266. The summed E-state index contributed by atoms with van der Waals surface area (Å²) in [6.45, 7) is -1.14. The maximum Gasteiger partial charge on any atom is 0.449 e. The van der Waals surface area contributed by atoms with Gasteiger partial charge in [-0.05, 0) is 72.5 Å². The number of para-hydroxylation sites is 1. The molecule has 0 atom stereocenters. The fourth-order valence-corrected chi connectivity index (χ4v) is 4.85. The van der Waals surface area contributed by atoms with Crippen LogP contribution in [0, 0.1) is 0 Å². The van der Waals surface area contributed by atoms with Crippen LogP contribution in [0.4, 0.5) is 18.9 Å². The summed E-state index contributed by atoms with van der Waals surface area (Å²) in [7, 11) is 1.61. The van der Waals surface area contributed by atoms with E-state index in [0.717, 1.165) is 22.1 Å². The van der Waals surface area contributed by atoms with Gasteiger partial charge in [0.25, 0.3) is 5.91 Å². The van der Waals surface area contributed by atoms with E-state index in [-0.39, 0.29) is 6.04 Å². The second-order valence-corrected chi connectivity index (χ2v) is 10.1. The summed E-state index contributed by atoms with van der Waals surface area (Å²) in [5, 5.41) is 2.64. The van der Waals surface area contributed by atoms with Gasteiger partial charge in [0, 0.05) is 18.8 Å². The molecule has 43 heavy (non-hydrogen) atoms. The SMILES string of the molecule is CN(C(=O)CN(CC(=O)Nc1ccc(Oc2ccccc2)cc1)C(=O)c1ccc(C(F)(F)F)o1)C1Cc2ccccc2C1. The number of hydrogen-bond acceptors (Lipinski definition) is 5. The number of halogens is 3. The third-order valence-electron chi connectivity index (χ3n) is 7.13. The molecule has 0 spiro atoms. The molecular weight excluding hydrogens is 563 g/mol. The molecule has 11 heteroatoms. The summed E-state index contributed by atoms with van der Waals surface area (Å²) in [5.74, 6) is -2.97. The first-order chi connectivity index (χ1) is 20.6. The molecule has 0 unspecified atom stereocenters. The number of nitrogens with zero attached hydrogens (tertiary/aromatic N) is 2. The number of rotatable bonds is 9. The van der Waals surface area contributed by atoms with Crippen LogP contribution in [0.5, 0.6) is 11.5 Å². The zero-order valence-corrected chi connectivity index (χ0v) is 23.1. The Balaban J connectivity index is 1.27. The Hall–Kier alpha value is -5.06. The van der Waals surface area contributed by atoms with Crippen molar-refractivity contribution >= 4 is 23.4 Å². The molecule has 3 aromatic carbocycles. The maximum atomic E-state index is 13.3. The number of benzene rings is 3. The van der Waals surface area contributed by atoms with Crippen LogP contribution in [-0.2, 0) is 28.6 Å². The molecule has 8 nitrogen and oxygen atoms in total. The standard InChI is InChI=1S/C32H28F3N3O5/c1-37(24-17-21-7-5-6-8-22(21)18-24)30(40)20-38(31(41)27-15-16-28(43-27)32(33,34)35)19-29(39)36-23-11-13-26(14-12-23)42-25-9-3-2-4-10-25/h2-16,24H,17-20H2,1H3,(H,36,39). The lowest BCUT2D eigenvalue weighted by Crippen LogP contribution is -2.47. The van der Waals surface area contributed by atoms with Crippen LogP contribution in [0.2, 0.25) is 0 Å². The first-order valence-corrected chi connectivity index (χ1v) is 13.5. The number of alkyl halides is 3. The molecule has 3 amide bonds. The number of likely N-dealkylation sites (N-methyl/N-ethyl adjacent to an activating group) is 1. The van der Waals surface area contributed by atoms with E-state index in [2.05, 4.69) is 5.32 Å². The number of amides is 3. The molecule has 0 radical (unpaired) electrons. The van der Waals surface area contributed by atoms with E-state index < -0.39 is 48.5 Å². The number of fused-ring (bicyclic) bond motifs is 1. The van der Waals surface area contributed by atoms with Gasteiger partial charge < -0.3 is 24.3 Å². The highest BCUT2D eigenvalue weighted by Gasteiger charge is 2.37. The van der Waals surface area contributed by atoms with Crippen molar-refractivity contribution < 1.29 is 36.7 Å². The van der Waals surface area contributed by atoms with Gasteiger partial charge >= 0.3 is 6.18 Å². The Morgan fingerprint density at radius 3 is 2.05 bits per heavy atom. The van der Waals surface area contributed by atoms with Crippen LogP contribution in [0.3, 0.4) is 0 Å². The van der Waals surface area contributed by atoms with Gasteiger partial charge in [0.15, 0.2) is 5.76 Å². The summed E-state index contributed by atoms with van der Waals surface area (Å²) >= 11 is 0. The summed E-state index contributed by atoms with van der Waals surface area (Å²) < 4.78 is 49.8. The molecule has 1 aliphatic carbocycles. The highest BCUT2D eigenvalue weighted by atomic mass is 19.4. The normalized spacial score (nSPS) is 12.8. The first-order valence-electron chi connectivity index (χ1n) is 13.5. The fourth-order valence-electron chi connectivity index (χ4n) is 4.85.